The standard InChI is InChI=1S/C19H23N3O3/c1-25-14-5-4-13(17(23)9-14)10-22-7-6-15-16(11-22)20-18(21-19(15)24)8-12-2-3-12/h4-5,9,12,23H,2-3,6-8,10-11H2,1H3,(H,20,21,24). The molecular weight excluding hydrogens is 318 g/mol. The Hall–Kier alpha value is -2.34. The zero-order chi connectivity index (χ0) is 17.4. The zero-order valence-corrected chi connectivity index (χ0v) is 14.4. The van der Waals surface area contributed by atoms with Gasteiger partial charge in [0.1, 0.15) is 17.3 Å². The van der Waals surface area contributed by atoms with Crippen molar-refractivity contribution >= 4 is 0 Å². The fourth-order valence-electron chi connectivity index (χ4n) is 3.42. The summed E-state index contributed by atoms with van der Waals surface area (Å²) in [5, 5.41) is 10.2. The highest BCUT2D eigenvalue weighted by Crippen LogP contribution is 2.32. The summed E-state index contributed by atoms with van der Waals surface area (Å²) in [4.78, 5) is 22.2. The molecule has 1 aromatic heterocycles. The number of hydrogen-bond donors (Lipinski definition) is 2. The van der Waals surface area contributed by atoms with Crippen molar-refractivity contribution in [1.82, 2.24) is 14.9 Å². The summed E-state index contributed by atoms with van der Waals surface area (Å²) in [6, 6.07) is 5.36. The van der Waals surface area contributed by atoms with Gasteiger partial charge in [-0.3, -0.25) is 9.69 Å². The summed E-state index contributed by atoms with van der Waals surface area (Å²) in [6.45, 7) is 2.05. The van der Waals surface area contributed by atoms with Crippen molar-refractivity contribution in [2.45, 2.75) is 38.8 Å². The number of phenols is 1. The summed E-state index contributed by atoms with van der Waals surface area (Å²) in [7, 11) is 1.58. The number of aromatic hydroxyl groups is 1. The number of phenolic OH excluding ortho intramolecular Hbond substituents is 1. The number of nitrogens with zero attached hydrogens (tertiary/aromatic N) is 2. The molecule has 1 fully saturated rings. The number of aromatic amines is 1. The minimum atomic E-state index is 0.0209. The van der Waals surface area contributed by atoms with E-state index in [1.54, 1.807) is 13.2 Å². The molecule has 0 saturated heterocycles. The summed E-state index contributed by atoms with van der Waals surface area (Å²) in [5.74, 6) is 2.39. The van der Waals surface area contributed by atoms with Crippen molar-refractivity contribution in [2.75, 3.05) is 13.7 Å². The average Bonchev–Trinajstić information content (AvgIpc) is 3.40. The smallest absolute Gasteiger partial charge is 0.254 e. The summed E-state index contributed by atoms with van der Waals surface area (Å²) in [5.41, 5.74) is 2.58. The monoisotopic (exact) mass is 341 g/mol. The van der Waals surface area contributed by atoms with Crippen LogP contribution < -0.4 is 10.3 Å². The second-order valence-electron chi connectivity index (χ2n) is 7.04. The first-order chi connectivity index (χ1) is 12.1. The number of benzene rings is 1. The first kappa shape index (κ1) is 16.1. The predicted octanol–water partition coefficient (Wildman–Crippen LogP) is 1.99. The van der Waals surface area contributed by atoms with Crippen molar-refractivity contribution in [3.05, 3.63) is 51.2 Å². The van der Waals surface area contributed by atoms with Crippen LogP contribution in [0.1, 0.15) is 35.5 Å². The SMILES string of the molecule is COc1ccc(CN2CCc3c(nc(CC4CC4)[nH]c3=O)C2)c(O)c1. The summed E-state index contributed by atoms with van der Waals surface area (Å²) in [6.07, 6.45) is 4.05. The molecule has 1 aliphatic heterocycles. The highest BCUT2D eigenvalue weighted by atomic mass is 16.5. The van der Waals surface area contributed by atoms with Crippen LogP contribution in [0.3, 0.4) is 0 Å². The maximum Gasteiger partial charge on any atom is 0.254 e. The van der Waals surface area contributed by atoms with E-state index in [1.807, 2.05) is 12.1 Å². The highest BCUT2D eigenvalue weighted by Gasteiger charge is 2.25. The molecule has 2 N–H and O–H groups in total. The Labute approximate surface area is 146 Å². The van der Waals surface area contributed by atoms with E-state index in [0.717, 1.165) is 35.6 Å². The number of aromatic nitrogens is 2. The van der Waals surface area contributed by atoms with Crippen LogP contribution >= 0.6 is 0 Å². The van der Waals surface area contributed by atoms with Crippen molar-refractivity contribution in [2.24, 2.45) is 5.92 Å². The average molecular weight is 341 g/mol. The van der Waals surface area contributed by atoms with Gasteiger partial charge in [0.2, 0.25) is 0 Å². The van der Waals surface area contributed by atoms with E-state index in [1.165, 1.54) is 12.8 Å². The van der Waals surface area contributed by atoms with E-state index < -0.39 is 0 Å². The van der Waals surface area contributed by atoms with Gasteiger partial charge in [-0.1, -0.05) is 6.07 Å². The van der Waals surface area contributed by atoms with Crippen LogP contribution in [0.15, 0.2) is 23.0 Å². The highest BCUT2D eigenvalue weighted by molar-refractivity contribution is 5.39. The molecule has 2 heterocycles. The van der Waals surface area contributed by atoms with Crippen molar-refractivity contribution < 1.29 is 9.84 Å². The summed E-state index contributed by atoms with van der Waals surface area (Å²) >= 11 is 0. The molecule has 6 heteroatoms. The number of ether oxygens (including phenoxy) is 1. The van der Waals surface area contributed by atoms with Crippen LogP contribution in [0.25, 0.3) is 0 Å². The van der Waals surface area contributed by atoms with Gasteiger partial charge in [-0.25, -0.2) is 4.98 Å². The molecule has 2 aliphatic rings. The molecule has 1 aromatic carbocycles. The molecule has 0 amide bonds. The Morgan fingerprint density at radius 2 is 2.24 bits per heavy atom. The lowest BCUT2D eigenvalue weighted by Gasteiger charge is -2.28. The second-order valence-corrected chi connectivity index (χ2v) is 7.04. The first-order valence-electron chi connectivity index (χ1n) is 8.81. The van der Waals surface area contributed by atoms with Gasteiger partial charge in [-0.2, -0.15) is 0 Å². The molecule has 0 atom stereocenters. The van der Waals surface area contributed by atoms with Crippen LogP contribution in [0, 0.1) is 5.92 Å². The Morgan fingerprint density at radius 1 is 1.40 bits per heavy atom. The van der Waals surface area contributed by atoms with E-state index in [-0.39, 0.29) is 11.3 Å². The minimum absolute atomic E-state index is 0.0209. The zero-order valence-electron chi connectivity index (χ0n) is 14.4. The number of nitrogens with one attached hydrogen (secondary N) is 1. The van der Waals surface area contributed by atoms with Gasteiger partial charge in [0.15, 0.2) is 0 Å². The lowest BCUT2D eigenvalue weighted by Crippen LogP contribution is -2.35. The van der Waals surface area contributed by atoms with Gasteiger partial charge in [0.05, 0.1) is 12.8 Å². The van der Waals surface area contributed by atoms with E-state index in [4.69, 9.17) is 9.72 Å². The molecule has 0 bridgehead atoms. The van der Waals surface area contributed by atoms with E-state index in [2.05, 4.69) is 9.88 Å². The molecule has 0 spiro atoms. The first-order valence-corrected chi connectivity index (χ1v) is 8.81. The molecule has 6 nitrogen and oxygen atoms in total. The molecule has 25 heavy (non-hydrogen) atoms. The van der Waals surface area contributed by atoms with Gasteiger partial charge in [0, 0.05) is 43.2 Å². The quantitative estimate of drug-likeness (QED) is 0.870. The largest absolute Gasteiger partial charge is 0.507 e. The molecule has 1 aliphatic carbocycles. The van der Waals surface area contributed by atoms with Crippen molar-refractivity contribution in [1.29, 1.82) is 0 Å². The third-order valence-corrected chi connectivity index (χ3v) is 5.07. The minimum Gasteiger partial charge on any atom is -0.507 e. The molecule has 0 radical (unpaired) electrons. The van der Waals surface area contributed by atoms with Crippen molar-refractivity contribution in [3.63, 3.8) is 0 Å². The molecular formula is C19H23N3O3. The lowest BCUT2D eigenvalue weighted by molar-refractivity contribution is 0.236. The van der Waals surface area contributed by atoms with E-state index >= 15 is 0 Å². The number of hydrogen-bond acceptors (Lipinski definition) is 5. The fraction of sp³-hybridized carbons (Fsp3) is 0.474. The van der Waals surface area contributed by atoms with E-state index in [0.29, 0.717) is 31.2 Å². The number of fused-ring (bicyclic) bond motifs is 1. The third kappa shape index (κ3) is 3.54. The third-order valence-electron chi connectivity index (χ3n) is 5.07. The second kappa shape index (κ2) is 6.52. The molecule has 2 aromatic rings. The molecule has 1 saturated carbocycles. The van der Waals surface area contributed by atoms with Crippen LogP contribution in [-0.4, -0.2) is 33.6 Å². The number of H-pyrrole nitrogens is 1. The van der Waals surface area contributed by atoms with Crippen LogP contribution in [-0.2, 0) is 25.9 Å². The van der Waals surface area contributed by atoms with Gasteiger partial charge in [0.25, 0.3) is 5.56 Å². The van der Waals surface area contributed by atoms with Gasteiger partial charge in [-0.15, -0.1) is 0 Å². The van der Waals surface area contributed by atoms with Crippen LogP contribution in [0.5, 0.6) is 11.5 Å². The maximum absolute atomic E-state index is 12.3. The maximum atomic E-state index is 12.3. The molecule has 0 unspecified atom stereocenters. The van der Waals surface area contributed by atoms with Crippen molar-refractivity contribution in [3.8, 4) is 11.5 Å². The number of methoxy groups -OCH3 is 1. The van der Waals surface area contributed by atoms with E-state index in [9.17, 15) is 9.90 Å². The Kier molecular flexibility index (Phi) is 4.21. The Morgan fingerprint density at radius 3 is 2.96 bits per heavy atom. The Balaban J connectivity index is 1.51. The topological polar surface area (TPSA) is 78.5 Å². The molecule has 132 valence electrons. The lowest BCUT2D eigenvalue weighted by atomic mass is 10.0. The fourth-order valence-corrected chi connectivity index (χ4v) is 3.42. The number of rotatable bonds is 5. The van der Waals surface area contributed by atoms with Crippen LogP contribution in [0.2, 0.25) is 0 Å². The van der Waals surface area contributed by atoms with Gasteiger partial charge in [-0.05, 0) is 31.2 Å². The summed E-state index contributed by atoms with van der Waals surface area (Å²) < 4.78 is 5.13. The van der Waals surface area contributed by atoms with Crippen LogP contribution in [0.4, 0.5) is 0 Å². The van der Waals surface area contributed by atoms with Gasteiger partial charge < -0.3 is 14.8 Å². The predicted molar refractivity (Wildman–Crippen MR) is 93.8 cm³/mol. The molecule has 4 rings (SSSR count). The normalized spacial score (nSPS) is 17.3. The Bertz CT molecular complexity index is 842. The van der Waals surface area contributed by atoms with Gasteiger partial charge >= 0.3 is 0 Å².